The van der Waals surface area contributed by atoms with Crippen LogP contribution in [0.15, 0.2) is 18.3 Å². The van der Waals surface area contributed by atoms with E-state index in [2.05, 4.69) is 10.3 Å². The predicted molar refractivity (Wildman–Crippen MR) is 60.6 cm³/mol. The van der Waals surface area contributed by atoms with E-state index in [4.69, 9.17) is 5.11 Å². The van der Waals surface area contributed by atoms with Gasteiger partial charge in [0.2, 0.25) is 0 Å². The molecule has 0 radical (unpaired) electrons. The summed E-state index contributed by atoms with van der Waals surface area (Å²) >= 11 is 0. The lowest BCUT2D eigenvalue weighted by molar-refractivity contribution is 0.0690. The number of nitrogens with zero attached hydrogens (tertiary/aromatic N) is 1. The first-order chi connectivity index (χ1) is 7.33. The van der Waals surface area contributed by atoms with Crippen molar-refractivity contribution in [2.45, 2.75) is 32.4 Å². The first-order valence-electron chi connectivity index (χ1n) is 4.98. The number of nitrogens with one attached hydrogen (secondary N) is 1. The van der Waals surface area contributed by atoms with E-state index in [9.17, 15) is 9.90 Å². The number of carboxylic acid groups (broad SMARTS) is 1. The van der Waals surface area contributed by atoms with Crippen LogP contribution in [-0.2, 0) is 0 Å². The van der Waals surface area contributed by atoms with Crippen molar-refractivity contribution in [1.29, 1.82) is 0 Å². The molecular formula is C11H16N2O3. The van der Waals surface area contributed by atoms with Gasteiger partial charge in [0.05, 0.1) is 11.6 Å². The molecule has 0 spiro atoms. The van der Waals surface area contributed by atoms with Crippen molar-refractivity contribution in [2.24, 2.45) is 0 Å². The summed E-state index contributed by atoms with van der Waals surface area (Å²) in [6, 6.07) is 3.10. The van der Waals surface area contributed by atoms with Gasteiger partial charge in [-0.25, -0.2) is 9.78 Å². The highest BCUT2D eigenvalue weighted by Gasteiger charge is 2.23. The number of aliphatic hydroxyl groups excluding tert-OH is 1. The van der Waals surface area contributed by atoms with Gasteiger partial charge < -0.3 is 15.5 Å². The van der Waals surface area contributed by atoms with E-state index in [1.165, 1.54) is 12.3 Å². The minimum absolute atomic E-state index is 0.0219. The van der Waals surface area contributed by atoms with Crippen LogP contribution < -0.4 is 5.32 Å². The molecule has 0 bridgehead atoms. The van der Waals surface area contributed by atoms with Crippen LogP contribution in [0.1, 0.15) is 31.3 Å². The second kappa shape index (κ2) is 4.49. The lowest BCUT2D eigenvalue weighted by Gasteiger charge is -2.30. The topological polar surface area (TPSA) is 82.5 Å². The summed E-state index contributed by atoms with van der Waals surface area (Å²) in [4.78, 5) is 14.4. The van der Waals surface area contributed by atoms with E-state index in [-0.39, 0.29) is 5.69 Å². The number of aliphatic hydroxyl groups is 1. The van der Waals surface area contributed by atoms with Crippen molar-refractivity contribution in [3.63, 3.8) is 0 Å². The quantitative estimate of drug-likeness (QED) is 0.719. The van der Waals surface area contributed by atoms with Crippen LogP contribution in [0, 0.1) is 0 Å². The fourth-order valence-electron chi connectivity index (χ4n) is 1.10. The highest BCUT2D eigenvalue weighted by Crippen LogP contribution is 2.18. The molecule has 0 amide bonds. The molecule has 3 N–H and O–H groups in total. The first kappa shape index (κ1) is 12.4. The lowest BCUT2D eigenvalue weighted by atomic mass is 9.98. The molecular weight excluding hydrogens is 208 g/mol. The molecule has 88 valence electrons. The van der Waals surface area contributed by atoms with Crippen molar-refractivity contribution in [2.75, 3.05) is 5.32 Å². The van der Waals surface area contributed by atoms with E-state index < -0.39 is 17.6 Å². The minimum Gasteiger partial charge on any atom is -0.477 e. The second-order valence-corrected chi connectivity index (χ2v) is 4.26. The fraction of sp³-hybridized carbons (Fsp3) is 0.455. The molecule has 1 unspecified atom stereocenters. The summed E-state index contributed by atoms with van der Waals surface area (Å²) in [6.45, 7) is 5.34. The maximum absolute atomic E-state index is 10.7. The third-order valence-electron chi connectivity index (χ3n) is 2.49. The van der Waals surface area contributed by atoms with Crippen LogP contribution in [0.2, 0.25) is 0 Å². The molecule has 0 saturated carbocycles. The van der Waals surface area contributed by atoms with Crippen LogP contribution in [0.3, 0.4) is 0 Å². The van der Waals surface area contributed by atoms with Gasteiger partial charge in [-0.1, -0.05) is 0 Å². The summed E-state index contributed by atoms with van der Waals surface area (Å²) in [5.74, 6) is -1.07. The van der Waals surface area contributed by atoms with E-state index in [0.29, 0.717) is 5.69 Å². The number of anilines is 1. The number of hydrogen-bond donors (Lipinski definition) is 3. The Morgan fingerprint density at radius 2 is 2.19 bits per heavy atom. The SMILES string of the molecule is CC(O)C(C)(C)Nc1ccnc(C(=O)O)c1. The fourth-order valence-corrected chi connectivity index (χ4v) is 1.10. The van der Waals surface area contributed by atoms with Crippen molar-refractivity contribution in [1.82, 2.24) is 4.98 Å². The summed E-state index contributed by atoms with van der Waals surface area (Å²) in [5, 5.41) is 21.4. The van der Waals surface area contributed by atoms with Gasteiger partial charge in [-0.15, -0.1) is 0 Å². The third kappa shape index (κ3) is 2.93. The van der Waals surface area contributed by atoms with Gasteiger partial charge in [-0.2, -0.15) is 0 Å². The van der Waals surface area contributed by atoms with Gasteiger partial charge in [0, 0.05) is 11.9 Å². The summed E-state index contributed by atoms with van der Waals surface area (Å²) in [7, 11) is 0. The Bertz CT molecular complexity index is 389. The van der Waals surface area contributed by atoms with Crippen molar-refractivity contribution in [3.8, 4) is 0 Å². The Morgan fingerprint density at radius 1 is 1.56 bits per heavy atom. The van der Waals surface area contributed by atoms with Gasteiger partial charge >= 0.3 is 5.97 Å². The van der Waals surface area contributed by atoms with Crippen LogP contribution in [-0.4, -0.2) is 32.8 Å². The molecule has 5 heteroatoms. The molecule has 0 aliphatic rings. The van der Waals surface area contributed by atoms with Gasteiger partial charge in [0.15, 0.2) is 0 Å². The number of hydrogen-bond acceptors (Lipinski definition) is 4. The van der Waals surface area contributed by atoms with E-state index >= 15 is 0 Å². The maximum atomic E-state index is 10.7. The molecule has 16 heavy (non-hydrogen) atoms. The first-order valence-corrected chi connectivity index (χ1v) is 4.98. The monoisotopic (exact) mass is 224 g/mol. The third-order valence-corrected chi connectivity index (χ3v) is 2.49. The van der Waals surface area contributed by atoms with Gasteiger partial charge in [-0.3, -0.25) is 0 Å². The number of carboxylic acids is 1. The Morgan fingerprint density at radius 3 is 2.69 bits per heavy atom. The number of pyridine rings is 1. The molecule has 5 nitrogen and oxygen atoms in total. The van der Waals surface area contributed by atoms with Crippen LogP contribution in [0.5, 0.6) is 0 Å². The smallest absolute Gasteiger partial charge is 0.354 e. The highest BCUT2D eigenvalue weighted by molar-refractivity contribution is 5.86. The van der Waals surface area contributed by atoms with E-state index in [1.54, 1.807) is 13.0 Å². The lowest BCUT2D eigenvalue weighted by Crippen LogP contribution is -2.41. The van der Waals surface area contributed by atoms with Crippen LogP contribution in [0.25, 0.3) is 0 Å². The summed E-state index contributed by atoms with van der Waals surface area (Å²) in [5.41, 5.74) is 0.0709. The van der Waals surface area contributed by atoms with Crippen LogP contribution in [0.4, 0.5) is 5.69 Å². The molecule has 1 aromatic heterocycles. The van der Waals surface area contributed by atoms with Gasteiger partial charge in [-0.05, 0) is 32.9 Å². The molecule has 0 fully saturated rings. The van der Waals surface area contributed by atoms with Crippen molar-refractivity contribution in [3.05, 3.63) is 24.0 Å². The number of rotatable bonds is 4. The zero-order valence-corrected chi connectivity index (χ0v) is 9.56. The molecule has 0 aromatic carbocycles. The van der Waals surface area contributed by atoms with Crippen LogP contribution >= 0.6 is 0 Å². The molecule has 0 aliphatic heterocycles. The van der Waals surface area contributed by atoms with Crippen molar-refractivity contribution >= 4 is 11.7 Å². The predicted octanol–water partition coefficient (Wildman–Crippen LogP) is 1.35. The Kier molecular flexibility index (Phi) is 3.49. The summed E-state index contributed by atoms with van der Waals surface area (Å²) < 4.78 is 0. The zero-order valence-electron chi connectivity index (χ0n) is 9.56. The molecule has 1 rings (SSSR count). The number of aromatic nitrogens is 1. The Balaban J connectivity index is 2.90. The number of aromatic carboxylic acids is 1. The standard InChI is InChI=1S/C11H16N2O3/c1-7(14)11(2,3)13-8-4-5-12-9(6-8)10(15)16/h4-7,14H,1-3H3,(H,12,13)(H,15,16). The van der Waals surface area contributed by atoms with Gasteiger partial charge in [0.25, 0.3) is 0 Å². The minimum atomic E-state index is -1.07. The zero-order chi connectivity index (χ0) is 12.3. The second-order valence-electron chi connectivity index (χ2n) is 4.26. The molecule has 0 saturated heterocycles. The maximum Gasteiger partial charge on any atom is 0.354 e. The Hall–Kier alpha value is -1.62. The Labute approximate surface area is 94.1 Å². The van der Waals surface area contributed by atoms with Crippen molar-refractivity contribution < 1.29 is 15.0 Å². The average molecular weight is 224 g/mol. The molecule has 0 aliphatic carbocycles. The molecule has 1 heterocycles. The van der Waals surface area contributed by atoms with E-state index in [1.807, 2.05) is 13.8 Å². The van der Waals surface area contributed by atoms with E-state index in [0.717, 1.165) is 0 Å². The summed E-state index contributed by atoms with van der Waals surface area (Å²) in [6.07, 6.45) is 0.859. The molecule has 1 atom stereocenters. The number of carbonyl (C=O) groups is 1. The average Bonchev–Trinajstić information content (AvgIpc) is 2.17. The largest absolute Gasteiger partial charge is 0.477 e. The highest BCUT2D eigenvalue weighted by atomic mass is 16.4. The van der Waals surface area contributed by atoms with Gasteiger partial charge in [0.1, 0.15) is 5.69 Å². The normalized spacial score (nSPS) is 13.2. The molecule has 1 aromatic rings.